The Morgan fingerprint density at radius 2 is 1.83 bits per heavy atom. The fourth-order valence-corrected chi connectivity index (χ4v) is 1.71. The van der Waals surface area contributed by atoms with E-state index in [1.165, 1.54) is 30.7 Å². The molecule has 2 aromatic heterocycles. The van der Waals surface area contributed by atoms with E-state index < -0.39 is 17.3 Å². The molecule has 0 fully saturated rings. The van der Waals surface area contributed by atoms with Crippen molar-refractivity contribution in [2.75, 3.05) is 0 Å². The van der Waals surface area contributed by atoms with Crippen molar-refractivity contribution in [3.8, 4) is 0 Å². The highest BCUT2D eigenvalue weighted by Crippen LogP contribution is 2.40. The molecular weight excluding hydrogens is 240 g/mol. The lowest BCUT2D eigenvalue weighted by atomic mass is 10.1. The van der Waals surface area contributed by atoms with Crippen molar-refractivity contribution in [2.24, 2.45) is 0 Å². The fraction of sp³-hybridized carbons (Fsp3) is 0.0833. The van der Waals surface area contributed by atoms with E-state index in [-0.39, 0.29) is 17.3 Å². The molecule has 0 aromatic carbocycles. The molecule has 2 aromatic rings. The van der Waals surface area contributed by atoms with Gasteiger partial charge in [0.25, 0.3) is 5.78 Å². The first-order chi connectivity index (χ1) is 8.63. The predicted octanol–water partition coefficient (Wildman–Crippen LogP) is 1.54. The van der Waals surface area contributed by atoms with Gasteiger partial charge in [-0.2, -0.15) is 0 Å². The average molecular weight is 248 g/mol. The van der Waals surface area contributed by atoms with Crippen molar-refractivity contribution >= 4 is 11.5 Å². The van der Waals surface area contributed by atoms with Crippen LogP contribution in [0.2, 0.25) is 0 Å². The van der Waals surface area contributed by atoms with Crippen molar-refractivity contribution < 1.29 is 28.6 Å². The maximum atomic E-state index is 11.8. The van der Waals surface area contributed by atoms with Crippen molar-refractivity contribution in [1.29, 1.82) is 0 Å². The molecule has 1 unspecified atom stereocenters. The second-order valence-corrected chi connectivity index (χ2v) is 3.71. The SMILES string of the molecule is O=C1C(O)=C(c2ccco2)OC1(O)c1ccco1. The molecule has 2 N–H and O–H groups in total. The highest BCUT2D eigenvalue weighted by atomic mass is 16.7. The van der Waals surface area contributed by atoms with Gasteiger partial charge in [0.05, 0.1) is 12.5 Å². The molecule has 18 heavy (non-hydrogen) atoms. The summed E-state index contributed by atoms with van der Waals surface area (Å²) in [7, 11) is 0. The minimum atomic E-state index is -2.35. The molecule has 0 saturated heterocycles. The molecule has 0 aliphatic carbocycles. The van der Waals surface area contributed by atoms with Crippen LogP contribution < -0.4 is 0 Å². The van der Waals surface area contributed by atoms with Gasteiger partial charge >= 0.3 is 5.79 Å². The van der Waals surface area contributed by atoms with Crippen LogP contribution >= 0.6 is 0 Å². The summed E-state index contributed by atoms with van der Waals surface area (Å²) in [6.45, 7) is 0. The van der Waals surface area contributed by atoms with E-state index in [1.807, 2.05) is 0 Å². The van der Waals surface area contributed by atoms with Crippen molar-refractivity contribution in [1.82, 2.24) is 0 Å². The number of hydrogen-bond donors (Lipinski definition) is 2. The second kappa shape index (κ2) is 3.51. The Bertz CT molecular complexity index is 607. The molecule has 0 radical (unpaired) electrons. The molecule has 0 spiro atoms. The maximum absolute atomic E-state index is 11.8. The van der Waals surface area contributed by atoms with Gasteiger partial charge in [0.1, 0.15) is 0 Å². The van der Waals surface area contributed by atoms with Crippen LogP contribution in [0.25, 0.3) is 5.76 Å². The Hall–Kier alpha value is -2.47. The van der Waals surface area contributed by atoms with E-state index >= 15 is 0 Å². The lowest BCUT2D eigenvalue weighted by Gasteiger charge is -2.17. The van der Waals surface area contributed by atoms with Crippen LogP contribution in [0.1, 0.15) is 11.5 Å². The highest BCUT2D eigenvalue weighted by Gasteiger charge is 2.53. The van der Waals surface area contributed by atoms with Gasteiger partial charge in [0, 0.05) is 0 Å². The van der Waals surface area contributed by atoms with Gasteiger partial charge in [0.15, 0.2) is 11.5 Å². The third-order valence-corrected chi connectivity index (χ3v) is 2.59. The zero-order valence-electron chi connectivity index (χ0n) is 8.99. The smallest absolute Gasteiger partial charge is 0.337 e. The van der Waals surface area contributed by atoms with Crippen molar-refractivity contribution in [3.05, 3.63) is 54.1 Å². The number of ether oxygens (including phenoxy) is 1. The Labute approximate surface area is 101 Å². The van der Waals surface area contributed by atoms with Crippen LogP contribution in [0, 0.1) is 0 Å². The van der Waals surface area contributed by atoms with Crippen LogP contribution in [0.3, 0.4) is 0 Å². The summed E-state index contributed by atoms with van der Waals surface area (Å²) in [4.78, 5) is 11.8. The van der Waals surface area contributed by atoms with E-state index in [1.54, 1.807) is 6.07 Å². The zero-order valence-corrected chi connectivity index (χ0v) is 8.99. The van der Waals surface area contributed by atoms with Crippen LogP contribution in [-0.2, 0) is 15.3 Å². The first kappa shape index (κ1) is 10.7. The molecule has 3 heterocycles. The lowest BCUT2D eigenvalue weighted by molar-refractivity contribution is -0.181. The van der Waals surface area contributed by atoms with Gasteiger partial charge < -0.3 is 23.8 Å². The zero-order chi connectivity index (χ0) is 12.8. The van der Waals surface area contributed by atoms with E-state index in [4.69, 9.17) is 13.6 Å². The Morgan fingerprint density at radius 3 is 2.44 bits per heavy atom. The molecule has 0 saturated carbocycles. The van der Waals surface area contributed by atoms with Crippen LogP contribution in [0.5, 0.6) is 0 Å². The van der Waals surface area contributed by atoms with Crippen molar-refractivity contribution in [3.63, 3.8) is 0 Å². The fourth-order valence-electron chi connectivity index (χ4n) is 1.71. The number of furan rings is 2. The number of ketones is 1. The Balaban J connectivity index is 2.05. The van der Waals surface area contributed by atoms with E-state index in [0.717, 1.165) is 0 Å². The summed E-state index contributed by atoms with van der Waals surface area (Å²) in [6, 6.07) is 5.92. The number of carbonyl (C=O) groups is 1. The number of rotatable bonds is 2. The van der Waals surface area contributed by atoms with E-state index in [2.05, 4.69) is 0 Å². The van der Waals surface area contributed by atoms with Crippen LogP contribution in [0.15, 0.2) is 51.4 Å². The van der Waals surface area contributed by atoms with E-state index in [9.17, 15) is 15.0 Å². The number of aliphatic hydroxyl groups excluding tert-OH is 1. The molecule has 1 atom stereocenters. The van der Waals surface area contributed by atoms with Gasteiger partial charge in [-0.25, -0.2) is 0 Å². The maximum Gasteiger partial charge on any atom is 0.337 e. The molecule has 1 aliphatic heterocycles. The highest BCUT2D eigenvalue weighted by molar-refractivity contribution is 6.06. The number of Topliss-reactive ketones (excluding diaryl/α,β-unsaturated/α-hetero) is 1. The summed E-state index contributed by atoms with van der Waals surface area (Å²) >= 11 is 0. The quantitative estimate of drug-likeness (QED) is 0.837. The summed E-state index contributed by atoms with van der Waals surface area (Å²) < 4.78 is 15.1. The monoisotopic (exact) mass is 248 g/mol. The Morgan fingerprint density at radius 1 is 1.11 bits per heavy atom. The van der Waals surface area contributed by atoms with Crippen molar-refractivity contribution in [2.45, 2.75) is 5.79 Å². The standard InChI is InChI=1S/C12H8O6/c13-9-10(7-3-1-5-16-7)18-12(15,11(9)14)8-4-2-6-17-8/h1-6,13,15H. The molecule has 0 bridgehead atoms. The van der Waals surface area contributed by atoms with Gasteiger partial charge in [-0.15, -0.1) is 0 Å². The lowest BCUT2D eigenvalue weighted by Crippen LogP contribution is -2.33. The molecule has 0 amide bonds. The number of aliphatic hydroxyl groups is 2. The third kappa shape index (κ3) is 1.29. The average Bonchev–Trinajstić information content (AvgIpc) is 3.06. The minimum absolute atomic E-state index is 0.111. The predicted molar refractivity (Wildman–Crippen MR) is 57.0 cm³/mol. The van der Waals surface area contributed by atoms with Crippen LogP contribution in [0.4, 0.5) is 0 Å². The molecule has 92 valence electrons. The first-order valence-electron chi connectivity index (χ1n) is 5.10. The largest absolute Gasteiger partial charge is 0.502 e. The first-order valence-corrected chi connectivity index (χ1v) is 5.10. The summed E-state index contributed by atoms with van der Waals surface area (Å²) in [5.41, 5.74) is 0. The van der Waals surface area contributed by atoms with E-state index in [0.29, 0.717) is 0 Å². The Kier molecular flexibility index (Phi) is 2.08. The number of hydrogen-bond acceptors (Lipinski definition) is 6. The van der Waals surface area contributed by atoms with Gasteiger partial charge in [-0.1, -0.05) is 0 Å². The summed E-state index contributed by atoms with van der Waals surface area (Å²) in [5.74, 6) is -4.24. The molecule has 1 aliphatic rings. The minimum Gasteiger partial charge on any atom is -0.502 e. The second-order valence-electron chi connectivity index (χ2n) is 3.71. The normalized spacial score (nSPS) is 23.5. The number of carbonyl (C=O) groups excluding carboxylic acids is 1. The summed E-state index contributed by atoms with van der Waals surface area (Å²) in [5, 5.41) is 19.9. The van der Waals surface area contributed by atoms with Gasteiger partial charge in [-0.3, -0.25) is 4.79 Å². The molecule has 3 rings (SSSR count). The molecule has 6 nitrogen and oxygen atoms in total. The molecular formula is C12H8O6. The molecule has 6 heteroatoms. The van der Waals surface area contributed by atoms with Crippen LogP contribution in [-0.4, -0.2) is 16.0 Å². The van der Waals surface area contributed by atoms with Gasteiger partial charge in [-0.05, 0) is 24.3 Å². The third-order valence-electron chi connectivity index (χ3n) is 2.59. The van der Waals surface area contributed by atoms with Gasteiger partial charge in [0.2, 0.25) is 11.5 Å². The topological polar surface area (TPSA) is 93.0 Å². The summed E-state index contributed by atoms with van der Waals surface area (Å²) in [6.07, 6.45) is 2.64.